The fourth-order valence-electron chi connectivity index (χ4n) is 2.30. The average Bonchev–Trinajstić information content (AvgIpc) is 2.64. The van der Waals surface area contributed by atoms with Crippen LogP contribution in [0.2, 0.25) is 0 Å². The predicted molar refractivity (Wildman–Crippen MR) is 109 cm³/mol. The zero-order valence-electron chi connectivity index (χ0n) is 15.4. The van der Waals surface area contributed by atoms with Gasteiger partial charge in [-0.1, -0.05) is 44.2 Å². The molecule has 4 heteroatoms. The van der Waals surface area contributed by atoms with E-state index >= 15 is 0 Å². The van der Waals surface area contributed by atoms with Gasteiger partial charge in [0.05, 0.1) is 0 Å². The highest BCUT2D eigenvalue weighted by Crippen LogP contribution is 2.20. The Morgan fingerprint density at radius 1 is 1.29 bits per heavy atom. The van der Waals surface area contributed by atoms with Crippen molar-refractivity contribution in [3.05, 3.63) is 58.7 Å². The van der Waals surface area contributed by atoms with Gasteiger partial charge in [0.25, 0.3) is 0 Å². The number of nitrogens with one attached hydrogen (secondary N) is 2. The molecule has 0 radical (unpaired) electrons. The number of nitrogens with zero attached hydrogens (tertiary/aromatic N) is 1. The second-order valence-electron chi connectivity index (χ2n) is 5.18. The SMILES string of the molecule is CC.C\C=C/C=C(\C=C/C)SNCCc1ccc2c(n1)NCCC2. The summed E-state index contributed by atoms with van der Waals surface area (Å²) in [5.74, 6) is 1.08. The highest BCUT2D eigenvalue weighted by molar-refractivity contribution is 8.01. The number of pyridine rings is 1. The quantitative estimate of drug-likeness (QED) is 0.400. The minimum absolute atomic E-state index is 0.904. The Balaban J connectivity index is 0.00000139. The first-order chi connectivity index (χ1) is 11.8. The summed E-state index contributed by atoms with van der Waals surface area (Å²) in [6, 6.07) is 4.37. The Bertz CT molecular complexity index is 562. The van der Waals surface area contributed by atoms with Gasteiger partial charge in [0.2, 0.25) is 0 Å². The summed E-state index contributed by atoms with van der Waals surface area (Å²) < 4.78 is 3.41. The molecule has 2 rings (SSSR count). The maximum Gasteiger partial charge on any atom is 0.129 e. The van der Waals surface area contributed by atoms with Gasteiger partial charge in [-0.05, 0) is 56.3 Å². The van der Waals surface area contributed by atoms with Crippen LogP contribution in [0.15, 0.2) is 47.4 Å². The summed E-state index contributed by atoms with van der Waals surface area (Å²) >= 11 is 1.66. The van der Waals surface area contributed by atoms with Crippen LogP contribution in [-0.2, 0) is 12.8 Å². The van der Waals surface area contributed by atoms with Gasteiger partial charge in [-0.2, -0.15) is 0 Å². The van der Waals surface area contributed by atoms with Crippen LogP contribution in [0.25, 0.3) is 0 Å². The Morgan fingerprint density at radius 3 is 2.88 bits per heavy atom. The van der Waals surface area contributed by atoms with E-state index in [1.807, 2.05) is 33.8 Å². The summed E-state index contributed by atoms with van der Waals surface area (Å²) in [4.78, 5) is 5.92. The third-order valence-electron chi connectivity index (χ3n) is 3.41. The van der Waals surface area contributed by atoms with E-state index in [-0.39, 0.29) is 0 Å². The lowest BCUT2D eigenvalue weighted by Crippen LogP contribution is -2.15. The standard InChI is InChI=1S/C18H25N3S.C2H6/c1-3-5-9-17(7-4-2)22-20-14-12-16-11-10-15-8-6-13-19-18(15)21-16;1-2/h3-5,7,9-11,20H,6,8,12-14H2,1-2H3,(H,19,21);1-2H3/b5-3-,7-4-,17-9+;. The van der Waals surface area contributed by atoms with Crippen LogP contribution in [0.3, 0.4) is 0 Å². The van der Waals surface area contributed by atoms with Crippen molar-refractivity contribution in [3.63, 3.8) is 0 Å². The molecule has 0 saturated heterocycles. The molecule has 1 aromatic heterocycles. The summed E-state index contributed by atoms with van der Waals surface area (Å²) in [7, 11) is 0. The first-order valence-electron chi connectivity index (χ1n) is 8.91. The van der Waals surface area contributed by atoms with Crippen LogP contribution < -0.4 is 10.0 Å². The van der Waals surface area contributed by atoms with Gasteiger partial charge in [0.15, 0.2) is 0 Å². The summed E-state index contributed by atoms with van der Waals surface area (Å²) in [6.07, 6.45) is 13.7. The van der Waals surface area contributed by atoms with Gasteiger partial charge >= 0.3 is 0 Å². The molecule has 0 saturated carbocycles. The number of hydrogen-bond donors (Lipinski definition) is 2. The summed E-state index contributed by atoms with van der Waals surface area (Å²) in [6.45, 7) is 10.0. The molecule has 0 amide bonds. The van der Waals surface area contributed by atoms with Gasteiger partial charge in [0, 0.05) is 30.1 Å². The summed E-state index contributed by atoms with van der Waals surface area (Å²) in [5, 5.41) is 3.39. The molecule has 0 aromatic carbocycles. The summed E-state index contributed by atoms with van der Waals surface area (Å²) in [5.41, 5.74) is 2.49. The lowest BCUT2D eigenvalue weighted by molar-refractivity contribution is 0.803. The van der Waals surface area contributed by atoms with Crippen LogP contribution in [0.1, 0.15) is 45.4 Å². The molecule has 0 unspecified atom stereocenters. The molecule has 2 heterocycles. The van der Waals surface area contributed by atoms with Crippen molar-refractivity contribution in [2.45, 2.75) is 47.0 Å². The Labute approximate surface area is 151 Å². The molecule has 0 atom stereocenters. The number of aromatic nitrogens is 1. The van der Waals surface area contributed by atoms with Gasteiger partial charge < -0.3 is 5.32 Å². The molecule has 1 aliphatic rings. The first kappa shape index (κ1) is 20.5. The Morgan fingerprint density at radius 2 is 2.12 bits per heavy atom. The zero-order chi connectivity index (χ0) is 17.6. The number of hydrogen-bond acceptors (Lipinski definition) is 4. The van der Waals surface area contributed by atoms with Gasteiger partial charge in [-0.15, -0.1) is 0 Å². The van der Waals surface area contributed by atoms with Crippen LogP contribution in [-0.4, -0.2) is 18.1 Å². The third kappa shape index (κ3) is 7.37. The molecule has 0 spiro atoms. The molecule has 0 bridgehead atoms. The maximum absolute atomic E-state index is 4.72. The fraction of sp³-hybridized carbons (Fsp3) is 0.450. The van der Waals surface area contributed by atoms with Crippen molar-refractivity contribution in [1.82, 2.24) is 9.71 Å². The van der Waals surface area contributed by atoms with Crippen molar-refractivity contribution >= 4 is 17.8 Å². The Hall–Kier alpha value is -1.52. The van der Waals surface area contributed by atoms with Crippen LogP contribution in [0, 0.1) is 0 Å². The molecule has 1 aromatic rings. The van der Waals surface area contributed by atoms with Gasteiger partial charge in [0.1, 0.15) is 5.82 Å². The fourth-order valence-corrected chi connectivity index (χ4v) is 3.02. The van der Waals surface area contributed by atoms with E-state index in [4.69, 9.17) is 4.98 Å². The molecule has 3 nitrogen and oxygen atoms in total. The second-order valence-corrected chi connectivity index (χ2v) is 6.15. The zero-order valence-corrected chi connectivity index (χ0v) is 16.2. The van der Waals surface area contributed by atoms with Crippen LogP contribution in [0.5, 0.6) is 0 Å². The molecule has 24 heavy (non-hydrogen) atoms. The van der Waals surface area contributed by atoms with Crippen molar-refractivity contribution in [1.29, 1.82) is 0 Å². The minimum Gasteiger partial charge on any atom is -0.370 e. The molecular formula is C20H31N3S. The van der Waals surface area contributed by atoms with E-state index in [0.717, 1.165) is 37.4 Å². The molecule has 2 N–H and O–H groups in total. The number of rotatable bonds is 7. The smallest absolute Gasteiger partial charge is 0.129 e. The molecule has 132 valence electrons. The van der Waals surface area contributed by atoms with E-state index in [0.29, 0.717) is 0 Å². The number of aryl methyl sites for hydroxylation is 1. The van der Waals surface area contributed by atoms with Crippen molar-refractivity contribution in [2.24, 2.45) is 0 Å². The third-order valence-corrected chi connectivity index (χ3v) is 4.27. The first-order valence-corrected chi connectivity index (χ1v) is 9.73. The maximum atomic E-state index is 4.72. The topological polar surface area (TPSA) is 37.0 Å². The van der Waals surface area contributed by atoms with E-state index in [1.165, 1.54) is 16.9 Å². The normalized spacial score (nSPS) is 14.2. The van der Waals surface area contributed by atoms with Crippen LogP contribution >= 0.6 is 11.9 Å². The Kier molecular flexibility index (Phi) is 11.0. The van der Waals surface area contributed by atoms with Gasteiger partial charge in [-0.25, -0.2) is 4.98 Å². The number of allylic oxidation sites excluding steroid dienone is 5. The molecule has 0 fully saturated rings. The molecule has 0 aliphatic carbocycles. The van der Waals surface area contributed by atoms with Crippen molar-refractivity contribution in [3.8, 4) is 0 Å². The largest absolute Gasteiger partial charge is 0.370 e. The van der Waals surface area contributed by atoms with E-state index in [2.05, 4.69) is 46.5 Å². The van der Waals surface area contributed by atoms with E-state index in [1.54, 1.807) is 11.9 Å². The monoisotopic (exact) mass is 345 g/mol. The lowest BCUT2D eigenvalue weighted by atomic mass is 10.1. The average molecular weight is 346 g/mol. The van der Waals surface area contributed by atoms with E-state index < -0.39 is 0 Å². The molecular weight excluding hydrogens is 314 g/mol. The number of anilines is 1. The highest BCUT2D eigenvalue weighted by Gasteiger charge is 2.09. The second kappa shape index (κ2) is 12.8. The number of fused-ring (bicyclic) bond motifs is 1. The van der Waals surface area contributed by atoms with E-state index in [9.17, 15) is 0 Å². The van der Waals surface area contributed by atoms with Crippen molar-refractivity contribution in [2.75, 3.05) is 18.4 Å². The highest BCUT2D eigenvalue weighted by atomic mass is 32.2. The van der Waals surface area contributed by atoms with Gasteiger partial charge in [-0.3, -0.25) is 4.72 Å². The van der Waals surface area contributed by atoms with Crippen LogP contribution in [0.4, 0.5) is 5.82 Å². The predicted octanol–water partition coefficient (Wildman–Crippen LogP) is 5.28. The minimum atomic E-state index is 0.904. The molecule has 1 aliphatic heterocycles. The lowest BCUT2D eigenvalue weighted by Gasteiger charge is -2.17. The van der Waals surface area contributed by atoms with Crippen molar-refractivity contribution < 1.29 is 0 Å².